The zero-order valence-corrected chi connectivity index (χ0v) is 21.9. The monoisotopic (exact) mass is 513 g/mol. The summed E-state index contributed by atoms with van der Waals surface area (Å²) in [6, 6.07) is 57.2. The van der Waals surface area contributed by atoms with Crippen molar-refractivity contribution in [3.63, 3.8) is 0 Å². The van der Waals surface area contributed by atoms with Gasteiger partial charge in [-0.2, -0.15) is 0 Å². The minimum absolute atomic E-state index is 0.980. The summed E-state index contributed by atoms with van der Waals surface area (Å²) in [6.45, 7) is 0. The van der Waals surface area contributed by atoms with E-state index in [-0.39, 0.29) is 0 Å². The molecule has 0 saturated heterocycles. The number of rotatable bonds is 6. The molecular formula is C37H27N3. The molecule has 0 fully saturated rings. The molecule has 40 heavy (non-hydrogen) atoms. The van der Waals surface area contributed by atoms with Crippen LogP contribution in [-0.4, -0.2) is 4.98 Å². The van der Waals surface area contributed by atoms with Crippen LogP contribution in [-0.2, 0) is 0 Å². The fourth-order valence-electron chi connectivity index (χ4n) is 5.30. The Kier molecular flexibility index (Phi) is 6.15. The van der Waals surface area contributed by atoms with Gasteiger partial charge in [0.2, 0.25) is 0 Å². The van der Waals surface area contributed by atoms with E-state index in [9.17, 15) is 0 Å². The quantitative estimate of drug-likeness (QED) is 0.206. The fourth-order valence-corrected chi connectivity index (χ4v) is 5.30. The van der Waals surface area contributed by atoms with Crippen molar-refractivity contribution in [1.29, 1.82) is 0 Å². The van der Waals surface area contributed by atoms with Gasteiger partial charge in [0.1, 0.15) is 0 Å². The van der Waals surface area contributed by atoms with Crippen LogP contribution in [0.15, 0.2) is 164 Å². The van der Waals surface area contributed by atoms with E-state index < -0.39 is 0 Å². The minimum atomic E-state index is 0.980. The normalized spacial score (nSPS) is 11.0. The zero-order valence-electron chi connectivity index (χ0n) is 21.9. The first-order chi connectivity index (χ1) is 19.8. The van der Waals surface area contributed by atoms with Gasteiger partial charge in [-0.05, 0) is 91.0 Å². The molecule has 190 valence electrons. The first kappa shape index (κ1) is 23.7. The van der Waals surface area contributed by atoms with E-state index in [1.165, 1.54) is 0 Å². The van der Waals surface area contributed by atoms with E-state index in [4.69, 9.17) is 4.98 Å². The van der Waals surface area contributed by atoms with Crippen molar-refractivity contribution in [2.24, 2.45) is 0 Å². The third-order valence-corrected chi connectivity index (χ3v) is 7.15. The summed E-state index contributed by atoms with van der Waals surface area (Å²) in [5.41, 5.74) is 8.61. The van der Waals surface area contributed by atoms with Crippen molar-refractivity contribution >= 4 is 55.9 Å². The van der Waals surface area contributed by atoms with Crippen molar-refractivity contribution < 1.29 is 0 Å². The maximum absolute atomic E-state index is 5.03. The Labute approximate surface area is 234 Å². The first-order valence-corrected chi connectivity index (χ1v) is 13.5. The molecule has 0 spiro atoms. The lowest BCUT2D eigenvalue weighted by Crippen LogP contribution is -2.10. The number of aromatic nitrogens is 1. The molecule has 0 radical (unpaired) electrons. The van der Waals surface area contributed by atoms with Crippen molar-refractivity contribution in [3.05, 3.63) is 164 Å². The number of benzene rings is 6. The predicted molar refractivity (Wildman–Crippen MR) is 169 cm³/mol. The highest BCUT2D eigenvalue weighted by atomic mass is 15.1. The molecule has 0 aliphatic carbocycles. The van der Waals surface area contributed by atoms with Crippen LogP contribution in [0.3, 0.4) is 0 Å². The maximum Gasteiger partial charge on any atom is 0.0711 e. The number of fused-ring (bicyclic) bond motifs is 2. The van der Waals surface area contributed by atoms with Crippen LogP contribution in [0.4, 0.5) is 34.1 Å². The molecule has 0 aliphatic heterocycles. The predicted octanol–water partition coefficient (Wildman–Crippen LogP) is 10.3. The summed E-state index contributed by atoms with van der Waals surface area (Å²) in [5, 5.41) is 2.20. The van der Waals surface area contributed by atoms with Gasteiger partial charge in [0.15, 0.2) is 0 Å². The SMILES string of the molecule is c1ccc(N(c2ccccc2)c2ccc3nc4ccc(N(c5ccccc5)c5ccccc5)cc4cc3c2)cc1. The van der Waals surface area contributed by atoms with Crippen molar-refractivity contribution in [2.75, 3.05) is 9.80 Å². The van der Waals surface area contributed by atoms with E-state index in [0.29, 0.717) is 0 Å². The summed E-state index contributed by atoms with van der Waals surface area (Å²) in [5.74, 6) is 0. The molecule has 0 bridgehead atoms. The van der Waals surface area contributed by atoms with Crippen LogP contribution in [0.1, 0.15) is 0 Å². The van der Waals surface area contributed by atoms with Gasteiger partial charge in [-0.1, -0.05) is 72.8 Å². The molecule has 0 N–H and O–H groups in total. The Morgan fingerprint density at radius 2 is 0.625 bits per heavy atom. The highest BCUT2D eigenvalue weighted by Gasteiger charge is 2.15. The minimum Gasteiger partial charge on any atom is -0.310 e. The molecule has 0 aliphatic rings. The topological polar surface area (TPSA) is 19.4 Å². The summed E-state index contributed by atoms with van der Waals surface area (Å²) < 4.78 is 0. The lowest BCUT2D eigenvalue weighted by molar-refractivity contribution is 1.28. The second-order valence-corrected chi connectivity index (χ2v) is 9.76. The van der Waals surface area contributed by atoms with Gasteiger partial charge in [-0.3, -0.25) is 0 Å². The van der Waals surface area contributed by atoms with Crippen LogP contribution in [0, 0.1) is 0 Å². The lowest BCUT2D eigenvalue weighted by atomic mass is 10.1. The molecule has 0 unspecified atom stereocenters. The molecule has 3 heteroatoms. The highest BCUT2D eigenvalue weighted by molar-refractivity contribution is 5.97. The number of pyridine rings is 1. The first-order valence-electron chi connectivity index (χ1n) is 13.5. The van der Waals surface area contributed by atoms with Gasteiger partial charge in [0, 0.05) is 44.9 Å². The summed E-state index contributed by atoms with van der Waals surface area (Å²) in [7, 11) is 0. The average molecular weight is 514 g/mol. The van der Waals surface area contributed by atoms with Crippen LogP contribution in [0.5, 0.6) is 0 Å². The van der Waals surface area contributed by atoms with E-state index >= 15 is 0 Å². The van der Waals surface area contributed by atoms with E-state index in [0.717, 1.165) is 55.9 Å². The Balaban J connectivity index is 1.36. The Hall–Kier alpha value is -5.41. The molecule has 0 atom stereocenters. The molecule has 3 nitrogen and oxygen atoms in total. The standard InChI is InChI=1S/C37H27N3/c1-5-13-30(14-6-1)39(31-15-7-2-8-16-31)34-21-23-36-28(26-34)25-29-27-35(22-24-37(29)38-36)40(32-17-9-3-10-18-32)33-19-11-4-12-20-33/h1-27H. The molecular weight excluding hydrogens is 486 g/mol. The third kappa shape index (κ3) is 4.55. The van der Waals surface area contributed by atoms with Crippen molar-refractivity contribution in [2.45, 2.75) is 0 Å². The average Bonchev–Trinajstić information content (AvgIpc) is 3.02. The number of hydrogen-bond acceptors (Lipinski definition) is 3. The molecule has 0 saturated carbocycles. The van der Waals surface area contributed by atoms with Crippen LogP contribution in [0.2, 0.25) is 0 Å². The molecule has 7 aromatic rings. The van der Waals surface area contributed by atoms with E-state index in [2.05, 4.69) is 174 Å². The second kappa shape index (κ2) is 10.4. The number of anilines is 6. The van der Waals surface area contributed by atoms with Gasteiger partial charge >= 0.3 is 0 Å². The Bertz CT molecular complexity index is 1670. The van der Waals surface area contributed by atoms with E-state index in [1.54, 1.807) is 0 Å². The van der Waals surface area contributed by atoms with Gasteiger partial charge < -0.3 is 9.80 Å². The zero-order chi connectivity index (χ0) is 26.7. The highest BCUT2D eigenvalue weighted by Crippen LogP contribution is 2.38. The maximum atomic E-state index is 5.03. The summed E-state index contributed by atoms with van der Waals surface area (Å²) in [4.78, 5) is 9.60. The van der Waals surface area contributed by atoms with Crippen LogP contribution < -0.4 is 9.80 Å². The lowest BCUT2D eigenvalue weighted by Gasteiger charge is -2.26. The van der Waals surface area contributed by atoms with Gasteiger partial charge in [-0.15, -0.1) is 0 Å². The summed E-state index contributed by atoms with van der Waals surface area (Å²) in [6.07, 6.45) is 0. The van der Waals surface area contributed by atoms with Gasteiger partial charge in [0.05, 0.1) is 11.0 Å². The number of hydrogen-bond donors (Lipinski definition) is 0. The van der Waals surface area contributed by atoms with E-state index in [1.807, 2.05) is 0 Å². The third-order valence-electron chi connectivity index (χ3n) is 7.15. The van der Waals surface area contributed by atoms with Crippen molar-refractivity contribution in [3.8, 4) is 0 Å². The fraction of sp³-hybridized carbons (Fsp3) is 0. The number of nitrogens with zero attached hydrogens (tertiary/aromatic N) is 3. The second-order valence-electron chi connectivity index (χ2n) is 9.76. The van der Waals surface area contributed by atoms with Gasteiger partial charge in [-0.25, -0.2) is 4.98 Å². The summed E-state index contributed by atoms with van der Waals surface area (Å²) >= 11 is 0. The molecule has 1 aromatic heterocycles. The number of para-hydroxylation sites is 4. The van der Waals surface area contributed by atoms with Crippen LogP contribution in [0.25, 0.3) is 21.8 Å². The molecule has 0 amide bonds. The molecule has 1 heterocycles. The molecule has 7 rings (SSSR count). The van der Waals surface area contributed by atoms with Gasteiger partial charge in [0.25, 0.3) is 0 Å². The smallest absolute Gasteiger partial charge is 0.0711 e. The largest absolute Gasteiger partial charge is 0.310 e. The molecule has 6 aromatic carbocycles. The Morgan fingerprint density at radius 3 is 0.950 bits per heavy atom. The Morgan fingerprint density at radius 1 is 0.300 bits per heavy atom. The van der Waals surface area contributed by atoms with Crippen LogP contribution >= 0.6 is 0 Å². The van der Waals surface area contributed by atoms with Crippen molar-refractivity contribution in [1.82, 2.24) is 4.98 Å².